The van der Waals surface area contributed by atoms with Crippen molar-refractivity contribution < 1.29 is 4.74 Å². The quantitative estimate of drug-likeness (QED) is 0.773. The van der Waals surface area contributed by atoms with Crippen molar-refractivity contribution in [3.05, 3.63) is 42.0 Å². The zero-order valence-corrected chi connectivity index (χ0v) is 16.1. The van der Waals surface area contributed by atoms with Crippen LogP contribution in [0.5, 0.6) is 0 Å². The van der Waals surface area contributed by atoms with E-state index >= 15 is 0 Å². The number of ether oxygens (including phenoxy) is 1. The summed E-state index contributed by atoms with van der Waals surface area (Å²) in [4.78, 5) is 2.45. The van der Waals surface area contributed by atoms with E-state index in [1.807, 2.05) is 18.2 Å². The molecule has 1 saturated heterocycles. The molecule has 1 aliphatic heterocycles. The van der Waals surface area contributed by atoms with Crippen LogP contribution in [0.4, 0.5) is 5.82 Å². The van der Waals surface area contributed by atoms with E-state index in [-0.39, 0.29) is 24.8 Å². The summed E-state index contributed by atoms with van der Waals surface area (Å²) in [7, 11) is 0. The van der Waals surface area contributed by atoms with E-state index in [0.29, 0.717) is 0 Å². The van der Waals surface area contributed by atoms with E-state index in [1.165, 1.54) is 0 Å². The van der Waals surface area contributed by atoms with Crippen LogP contribution in [0.1, 0.15) is 12.0 Å². The summed E-state index contributed by atoms with van der Waals surface area (Å²) in [5.74, 6) is 0.881. The molecule has 0 bridgehead atoms. The van der Waals surface area contributed by atoms with Crippen LogP contribution in [0.2, 0.25) is 0 Å². The standard InChI is InChI=1S/C18H24N4O.2ClH/c1-15-14-17(16-6-3-2-4-7-16)20-21-18(15)19-8-5-9-22-10-12-23-13-11-22;;/h2-4,6-7,14H,5,8-13H2,1H3,(H,19,21);2*1H. The van der Waals surface area contributed by atoms with Gasteiger partial charge in [-0.05, 0) is 31.5 Å². The average Bonchev–Trinajstić information content (AvgIpc) is 2.61. The van der Waals surface area contributed by atoms with Gasteiger partial charge in [0, 0.05) is 25.2 Å². The molecule has 0 aliphatic carbocycles. The first-order valence-electron chi connectivity index (χ1n) is 8.26. The molecule has 5 nitrogen and oxygen atoms in total. The third kappa shape index (κ3) is 6.44. The number of benzene rings is 1. The molecule has 1 aromatic carbocycles. The lowest BCUT2D eigenvalue weighted by Gasteiger charge is -2.26. The van der Waals surface area contributed by atoms with Crippen LogP contribution in [-0.4, -0.2) is 54.5 Å². The van der Waals surface area contributed by atoms with Crippen molar-refractivity contribution in [2.75, 3.05) is 44.7 Å². The van der Waals surface area contributed by atoms with E-state index in [9.17, 15) is 0 Å². The Morgan fingerprint density at radius 1 is 1.08 bits per heavy atom. The molecule has 2 aromatic rings. The summed E-state index contributed by atoms with van der Waals surface area (Å²) < 4.78 is 5.36. The molecule has 2 heterocycles. The lowest BCUT2D eigenvalue weighted by atomic mass is 10.1. The van der Waals surface area contributed by atoms with E-state index in [2.05, 4.69) is 45.5 Å². The van der Waals surface area contributed by atoms with Crippen LogP contribution >= 0.6 is 24.8 Å². The molecule has 0 spiro atoms. The zero-order valence-electron chi connectivity index (χ0n) is 14.5. The SMILES string of the molecule is Cc1cc(-c2ccccc2)nnc1NCCCN1CCOCC1.Cl.Cl. The number of hydrogen-bond donors (Lipinski definition) is 1. The minimum Gasteiger partial charge on any atom is -0.379 e. The van der Waals surface area contributed by atoms with E-state index in [0.717, 1.165) is 68.5 Å². The maximum Gasteiger partial charge on any atom is 0.151 e. The largest absolute Gasteiger partial charge is 0.379 e. The maximum atomic E-state index is 5.36. The Kier molecular flexibility index (Phi) is 9.75. The van der Waals surface area contributed by atoms with Gasteiger partial charge in [0.05, 0.1) is 18.9 Å². The highest BCUT2D eigenvalue weighted by Gasteiger charge is 2.09. The van der Waals surface area contributed by atoms with E-state index < -0.39 is 0 Å². The molecule has 1 aromatic heterocycles. The first-order valence-corrected chi connectivity index (χ1v) is 8.26. The number of nitrogens with zero attached hydrogens (tertiary/aromatic N) is 3. The molecule has 0 atom stereocenters. The van der Waals surface area contributed by atoms with E-state index in [1.54, 1.807) is 0 Å². The maximum absolute atomic E-state index is 5.36. The fourth-order valence-electron chi connectivity index (χ4n) is 2.74. The van der Waals surface area contributed by atoms with Gasteiger partial charge in [0.25, 0.3) is 0 Å². The molecule has 1 aliphatic rings. The molecular formula is C18H26Cl2N4O. The highest BCUT2D eigenvalue weighted by molar-refractivity contribution is 5.85. The Balaban J connectivity index is 0.00000156. The van der Waals surface area contributed by atoms with Crippen molar-refractivity contribution in [2.45, 2.75) is 13.3 Å². The first kappa shape index (κ1) is 21.6. The predicted molar refractivity (Wildman–Crippen MR) is 107 cm³/mol. The third-order valence-corrected chi connectivity index (χ3v) is 4.10. The summed E-state index contributed by atoms with van der Waals surface area (Å²) in [6.45, 7) is 7.90. The normalized spacial score (nSPS) is 14.3. The molecule has 0 amide bonds. The monoisotopic (exact) mass is 384 g/mol. The van der Waals surface area contributed by atoms with Crippen molar-refractivity contribution in [1.29, 1.82) is 0 Å². The van der Waals surface area contributed by atoms with E-state index in [4.69, 9.17) is 4.74 Å². The number of aromatic nitrogens is 2. The first-order chi connectivity index (χ1) is 11.3. The molecular weight excluding hydrogens is 359 g/mol. The summed E-state index contributed by atoms with van der Waals surface area (Å²) in [5.41, 5.74) is 3.15. The molecule has 7 heteroatoms. The lowest BCUT2D eigenvalue weighted by Crippen LogP contribution is -2.37. The Morgan fingerprint density at radius 2 is 1.80 bits per heavy atom. The second-order valence-electron chi connectivity index (χ2n) is 5.86. The fraction of sp³-hybridized carbons (Fsp3) is 0.444. The Bertz CT molecular complexity index is 622. The predicted octanol–water partition coefficient (Wildman–Crippen LogP) is 3.43. The van der Waals surface area contributed by atoms with Gasteiger partial charge in [0.2, 0.25) is 0 Å². The van der Waals surface area contributed by atoms with Gasteiger partial charge in [-0.25, -0.2) is 0 Å². The Hall–Kier alpha value is -1.40. The number of halogens is 2. The van der Waals surface area contributed by atoms with Gasteiger partial charge in [-0.3, -0.25) is 4.90 Å². The van der Waals surface area contributed by atoms with Gasteiger partial charge in [0.1, 0.15) is 0 Å². The van der Waals surface area contributed by atoms with Crippen LogP contribution in [0.15, 0.2) is 36.4 Å². The zero-order chi connectivity index (χ0) is 15.9. The number of morpholine rings is 1. The molecule has 138 valence electrons. The fourth-order valence-corrected chi connectivity index (χ4v) is 2.74. The summed E-state index contributed by atoms with van der Waals surface area (Å²) in [6, 6.07) is 12.2. The van der Waals surface area contributed by atoms with Crippen LogP contribution in [0.25, 0.3) is 11.3 Å². The summed E-state index contributed by atoms with van der Waals surface area (Å²) in [6.07, 6.45) is 1.10. The molecule has 0 radical (unpaired) electrons. The number of nitrogens with one attached hydrogen (secondary N) is 1. The third-order valence-electron chi connectivity index (χ3n) is 4.10. The van der Waals surface area contributed by atoms with Crippen molar-refractivity contribution in [3.8, 4) is 11.3 Å². The second-order valence-corrected chi connectivity index (χ2v) is 5.86. The van der Waals surface area contributed by atoms with Crippen LogP contribution in [-0.2, 0) is 4.74 Å². The van der Waals surface area contributed by atoms with Crippen LogP contribution < -0.4 is 5.32 Å². The molecule has 3 rings (SSSR count). The molecule has 1 N–H and O–H groups in total. The van der Waals surface area contributed by atoms with Crippen LogP contribution in [0.3, 0.4) is 0 Å². The highest BCUT2D eigenvalue weighted by Crippen LogP contribution is 2.19. The number of hydrogen-bond acceptors (Lipinski definition) is 5. The molecule has 0 saturated carbocycles. The summed E-state index contributed by atoms with van der Waals surface area (Å²) >= 11 is 0. The van der Waals surface area contributed by atoms with Crippen LogP contribution in [0, 0.1) is 6.92 Å². The second kappa shape index (κ2) is 11.3. The van der Waals surface area contributed by atoms with Gasteiger partial charge in [-0.1, -0.05) is 30.3 Å². The number of aryl methyl sites for hydroxylation is 1. The topological polar surface area (TPSA) is 50.3 Å². The average molecular weight is 385 g/mol. The number of rotatable bonds is 6. The minimum atomic E-state index is 0. The van der Waals surface area contributed by atoms with Crippen molar-refractivity contribution in [2.24, 2.45) is 0 Å². The van der Waals surface area contributed by atoms with Gasteiger partial charge in [0.15, 0.2) is 5.82 Å². The number of anilines is 1. The lowest BCUT2D eigenvalue weighted by molar-refractivity contribution is 0.0378. The van der Waals surface area contributed by atoms with Crippen molar-refractivity contribution in [3.63, 3.8) is 0 Å². The van der Waals surface area contributed by atoms with Gasteiger partial charge >= 0.3 is 0 Å². The van der Waals surface area contributed by atoms with Crippen molar-refractivity contribution in [1.82, 2.24) is 15.1 Å². The smallest absolute Gasteiger partial charge is 0.151 e. The molecule has 25 heavy (non-hydrogen) atoms. The van der Waals surface area contributed by atoms with Gasteiger partial charge in [-0.2, -0.15) is 0 Å². The summed E-state index contributed by atoms with van der Waals surface area (Å²) in [5, 5.41) is 12.1. The Morgan fingerprint density at radius 3 is 2.48 bits per heavy atom. The molecule has 1 fully saturated rings. The molecule has 0 unspecified atom stereocenters. The Labute approximate surface area is 162 Å². The van der Waals surface area contributed by atoms with Gasteiger partial charge in [-0.15, -0.1) is 35.0 Å². The highest BCUT2D eigenvalue weighted by atomic mass is 35.5. The van der Waals surface area contributed by atoms with Crippen molar-refractivity contribution >= 4 is 30.6 Å². The minimum absolute atomic E-state index is 0. The van der Waals surface area contributed by atoms with Gasteiger partial charge < -0.3 is 10.1 Å².